The first kappa shape index (κ1) is 13.4. The van der Waals surface area contributed by atoms with Gasteiger partial charge >= 0.3 is 0 Å². The summed E-state index contributed by atoms with van der Waals surface area (Å²) in [4.78, 5) is 0. The molecule has 4 nitrogen and oxygen atoms in total. The topological polar surface area (TPSA) is 61.7 Å². The van der Waals surface area contributed by atoms with Gasteiger partial charge in [0.25, 0.3) is 0 Å². The summed E-state index contributed by atoms with van der Waals surface area (Å²) in [6.07, 6.45) is -0.635. The van der Waals surface area contributed by atoms with E-state index in [9.17, 15) is 10.2 Å². The fraction of sp³-hybridized carbons (Fsp3) is 0.200. The Morgan fingerprint density at radius 1 is 1.16 bits per heavy atom. The van der Waals surface area contributed by atoms with E-state index in [1.165, 1.54) is 6.07 Å². The number of aliphatic hydroxyl groups excluding tert-OH is 1. The van der Waals surface area contributed by atoms with Crippen LogP contribution in [0, 0.1) is 0 Å². The summed E-state index contributed by atoms with van der Waals surface area (Å²) in [6.45, 7) is 0.440. The second kappa shape index (κ2) is 6.22. The van der Waals surface area contributed by atoms with Crippen LogP contribution in [-0.2, 0) is 0 Å². The molecule has 0 heterocycles. The lowest BCUT2D eigenvalue weighted by Gasteiger charge is -2.13. The molecule has 0 aliphatic heterocycles. The van der Waals surface area contributed by atoms with E-state index in [0.717, 1.165) is 0 Å². The highest BCUT2D eigenvalue weighted by molar-refractivity contribution is 5.45. The molecule has 0 spiro atoms. The third-order valence-corrected chi connectivity index (χ3v) is 2.74. The molecular weight excluding hydrogens is 242 g/mol. The molecular formula is C15H17NO3. The Labute approximate surface area is 112 Å². The molecule has 0 saturated carbocycles. The van der Waals surface area contributed by atoms with Crippen LogP contribution in [0.3, 0.4) is 0 Å². The minimum atomic E-state index is -0.635. The Morgan fingerprint density at radius 3 is 2.58 bits per heavy atom. The molecule has 0 aliphatic carbocycles. The molecule has 0 bridgehead atoms. The van der Waals surface area contributed by atoms with E-state index >= 15 is 0 Å². The molecule has 0 aliphatic rings. The summed E-state index contributed by atoms with van der Waals surface area (Å²) in [5, 5.41) is 22.6. The van der Waals surface area contributed by atoms with E-state index in [1.807, 2.05) is 18.2 Å². The molecule has 100 valence electrons. The van der Waals surface area contributed by atoms with Crippen LogP contribution in [0.4, 0.5) is 0 Å². The van der Waals surface area contributed by atoms with Crippen molar-refractivity contribution in [3.63, 3.8) is 0 Å². The van der Waals surface area contributed by atoms with Crippen LogP contribution in [-0.4, -0.2) is 23.8 Å². The number of rotatable bonds is 5. The van der Waals surface area contributed by atoms with E-state index in [0.29, 0.717) is 23.6 Å². The number of hydrogen-bond donors (Lipinski definition) is 3. The Morgan fingerprint density at radius 2 is 1.89 bits per heavy atom. The van der Waals surface area contributed by atoms with Gasteiger partial charge in [0.05, 0.1) is 6.10 Å². The molecule has 1 unspecified atom stereocenters. The molecule has 2 aromatic carbocycles. The van der Waals surface area contributed by atoms with Crippen molar-refractivity contribution in [3.8, 4) is 17.2 Å². The maximum atomic E-state index is 9.90. The summed E-state index contributed by atoms with van der Waals surface area (Å²) in [7, 11) is 1.77. The Balaban J connectivity index is 2.22. The van der Waals surface area contributed by atoms with Crippen molar-refractivity contribution in [2.24, 2.45) is 0 Å². The van der Waals surface area contributed by atoms with Gasteiger partial charge in [0, 0.05) is 6.54 Å². The van der Waals surface area contributed by atoms with Gasteiger partial charge in [0.1, 0.15) is 5.75 Å². The highest BCUT2D eigenvalue weighted by Crippen LogP contribution is 2.32. The zero-order valence-corrected chi connectivity index (χ0v) is 10.7. The van der Waals surface area contributed by atoms with Crippen LogP contribution in [0.5, 0.6) is 17.2 Å². The van der Waals surface area contributed by atoms with E-state index in [1.54, 1.807) is 31.3 Å². The normalized spacial score (nSPS) is 12.1. The van der Waals surface area contributed by atoms with Crippen LogP contribution >= 0.6 is 0 Å². The first-order chi connectivity index (χ1) is 9.20. The molecule has 2 rings (SSSR count). The molecule has 3 N–H and O–H groups in total. The maximum Gasteiger partial charge on any atom is 0.169 e. The predicted octanol–water partition coefficient (Wildman–Crippen LogP) is 2.44. The van der Waals surface area contributed by atoms with E-state index in [-0.39, 0.29) is 5.75 Å². The number of aromatic hydroxyl groups is 1. The lowest BCUT2D eigenvalue weighted by atomic mass is 10.1. The molecule has 0 amide bonds. The molecule has 19 heavy (non-hydrogen) atoms. The van der Waals surface area contributed by atoms with Crippen molar-refractivity contribution < 1.29 is 14.9 Å². The van der Waals surface area contributed by atoms with Crippen molar-refractivity contribution in [2.45, 2.75) is 6.10 Å². The molecule has 0 aromatic heterocycles. The van der Waals surface area contributed by atoms with Gasteiger partial charge in [-0.2, -0.15) is 0 Å². The smallest absolute Gasteiger partial charge is 0.169 e. The van der Waals surface area contributed by atoms with Crippen LogP contribution in [0.25, 0.3) is 0 Å². The Bertz CT molecular complexity index is 528. The van der Waals surface area contributed by atoms with E-state index in [2.05, 4.69) is 5.32 Å². The molecule has 2 aromatic rings. The summed E-state index contributed by atoms with van der Waals surface area (Å²) in [6, 6.07) is 14.0. The number of likely N-dealkylation sites (N-methyl/N-ethyl adjacent to an activating group) is 1. The number of ether oxygens (including phenoxy) is 1. The van der Waals surface area contributed by atoms with Crippen LogP contribution < -0.4 is 10.1 Å². The average molecular weight is 259 g/mol. The highest BCUT2D eigenvalue weighted by Gasteiger charge is 2.11. The van der Waals surface area contributed by atoms with Crippen LogP contribution in [0.2, 0.25) is 0 Å². The third-order valence-electron chi connectivity index (χ3n) is 2.74. The highest BCUT2D eigenvalue weighted by atomic mass is 16.5. The van der Waals surface area contributed by atoms with Crippen molar-refractivity contribution in [3.05, 3.63) is 54.1 Å². The summed E-state index contributed by atoms with van der Waals surface area (Å²) >= 11 is 0. The average Bonchev–Trinajstić information content (AvgIpc) is 2.42. The SMILES string of the molecule is CNCC(O)c1ccc(O)c(Oc2ccccc2)c1. The quantitative estimate of drug-likeness (QED) is 0.771. The first-order valence-electron chi connectivity index (χ1n) is 6.09. The summed E-state index contributed by atoms with van der Waals surface area (Å²) in [5.74, 6) is 1.01. The van der Waals surface area contributed by atoms with Gasteiger partial charge in [-0.15, -0.1) is 0 Å². The zero-order valence-electron chi connectivity index (χ0n) is 10.7. The lowest BCUT2D eigenvalue weighted by molar-refractivity contribution is 0.177. The lowest BCUT2D eigenvalue weighted by Crippen LogP contribution is -2.16. The molecule has 4 heteroatoms. The molecule has 0 fully saturated rings. The fourth-order valence-electron chi connectivity index (χ4n) is 1.75. The fourth-order valence-corrected chi connectivity index (χ4v) is 1.75. The zero-order chi connectivity index (χ0) is 13.7. The summed E-state index contributed by atoms with van der Waals surface area (Å²) in [5.41, 5.74) is 0.693. The number of hydrogen-bond acceptors (Lipinski definition) is 4. The van der Waals surface area contributed by atoms with Gasteiger partial charge in [-0.1, -0.05) is 24.3 Å². The molecule has 1 atom stereocenters. The first-order valence-corrected chi connectivity index (χ1v) is 6.09. The number of nitrogens with one attached hydrogen (secondary N) is 1. The minimum Gasteiger partial charge on any atom is -0.504 e. The predicted molar refractivity (Wildman–Crippen MR) is 73.5 cm³/mol. The van der Waals surface area contributed by atoms with Gasteiger partial charge in [-0.3, -0.25) is 0 Å². The van der Waals surface area contributed by atoms with Crippen LogP contribution in [0.15, 0.2) is 48.5 Å². The molecule has 0 saturated heterocycles. The number of benzene rings is 2. The van der Waals surface area contributed by atoms with Crippen LogP contribution in [0.1, 0.15) is 11.7 Å². The summed E-state index contributed by atoms with van der Waals surface area (Å²) < 4.78 is 5.60. The number of para-hydroxylation sites is 1. The number of phenolic OH excluding ortho intramolecular Hbond substituents is 1. The van der Waals surface area contributed by atoms with Crippen molar-refractivity contribution >= 4 is 0 Å². The van der Waals surface area contributed by atoms with Crippen molar-refractivity contribution in [1.29, 1.82) is 0 Å². The monoisotopic (exact) mass is 259 g/mol. The second-order valence-corrected chi connectivity index (χ2v) is 4.22. The van der Waals surface area contributed by atoms with Gasteiger partial charge in [-0.05, 0) is 36.9 Å². The van der Waals surface area contributed by atoms with Crippen molar-refractivity contribution in [1.82, 2.24) is 5.32 Å². The van der Waals surface area contributed by atoms with Crippen molar-refractivity contribution in [2.75, 3.05) is 13.6 Å². The minimum absolute atomic E-state index is 0.0456. The van der Waals surface area contributed by atoms with E-state index < -0.39 is 6.10 Å². The number of aliphatic hydroxyl groups is 1. The molecule has 0 radical (unpaired) electrons. The van der Waals surface area contributed by atoms with Gasteiger partial charge in [0.2, 0.25) is 0 Å². The van der Waals surface area contributed by atoms with E-state index in [4.69, 9.17) is 4.74 Å². The van der Waals surface area contributed by atoms with Gasteiger partial charge < -0.3 is 20.3 Å². The largest absolute Gasteiger partial charge is 0.504 e. The Hall–Kier alpha value is -2.04. The van der Waals surface area contributed by atoms with Gasteiger partial charge in [0.15, 0.2) is 11.5 Å². The number of phenols is 1. The standard InChI is InChI=1S/C15H17NO3/c1-16-10-14(18)11-7-8-13(17)15(9-11)19-12-5-3-2-4-6-12/h2-9,14,16-18H,10H2,1H3. The second-order valence-electron chi connectivity index (χ2n) is 4.22. The Kier molecular flexibility index (Phi) is 4.39. The third kappa shape index (κ3) is 3.47. The maximum absolute atomic E-state index is 9.90. The van der Waals surface area contributed by atoms with Gasteiger partial charge in [-0.25, -0.2) is 0 Å².